The highest BCUT2D eigenvalue weighted by Crippen LogP contribution is 2.35. The predicted octanol–water partition coefficient (Wildman–Crippen LogP) is 5.84. The van der Waals surface area contributed by atoms with Crippen molar-refractivity contribution in [2.24, 2.45) is 0 Å². The first-order chi connectivity index (χ1) is 15.7. The van der Waals surface area contributed by atoms with Gasteiger partial charge in [-0.1, -0.05) is 0 Å². The van der Waals surface area contributed by atoms with Crippen LogP contribution in [0.3, 0.4) is 0 Å². The Morgan fingerprint density at radius 2 is 1.82 bits per heavy atom. The van der Waals surface area contributed by atoms with Crippen LogP contribution in [-0.4, -0.2) is 27.0 Å². The average Bonchev–Trinajstić information content (AvgIpc) is 3.29. The van der Waals surface area contributed by atoms with Gasteiger partial charge in [-0.3, -0.25) is 4.98 Å². The van der Waals surface area contributed by atoms with E-state index in [4.69, 9.17) is 9.47 Å². The highest BCUT2D eigenvalue weighted by molar-refractivity contribution is 5.70. The maximum absolute atomic E-state index is 13.1. The summed E-state index contributed by atoms with van der Waals surface area (Å²) in [6.45, 7) is 1.69. The van der Waals surface area contributed by atoms with Gasteiger partial charge in [0.1, 0.15) is 23.4 Å². The summed E-state index contributed by atoms with van der Waals surface area (Å²) >= 11 is 0. The number of aromatic amines is 1. The van der Waals surface area contributed by atoms with Crippen LogP contribution in [0.1, 0.15) is 24.3 Å². The number of imidazole rings is 1. The summed E-state index contributed by atoms with van der Waals surface area (Å²) < 4.78 is 62.6. The van der Waals surface area contributed by atoms with Gasteiger partial charge in [0.05, 0.1) is 24.1 Å². The molecule has 0 bridgehead atoms. The lowest BCUT2D eigenvalue weighted by Crippen LogP contribution is -2.09. The number of alkyl halides is 3. The molecule has 0 spiro atoms. The highest BCUT2D eigenvalue weighted by Gasteiger charge is 2.31. The molecule has 1 unspecified atom stereocenters. The topological polar surface area (TPSA) is 72.9 Å². The minimum atomic E-state index is -4.45. The zero-order valence-corrected chi connectivity index (χ0v) is 17.5. The lowest BCUT2D eigenvalue weighted by molar-refractivity contribution is -0.137. The number of nitrogens with zero attached hydrogens (tertiary/aromatic N) is 3. The normalized spacial score (nSPS) is 12.4. The number of benzene rings is 1. The lowest BCUT2D eigenvalue weighted by Gasteiger charge is -2.16. The van der Waals surface area contributed by atoms with Crippen LogP contribution in [0.4, 0.5) is 17.6 Å². The molecule has 4 aromatic rings. The molecule has 1 atom stereocenters. The van der Waals surface area contributed by atoms with Gasteiger partial charge in [0, 0.05) is 35.8 Å². The second-order valence-electron chi connectivity index (χ2n) is 7.10. The number of pyridine rings is 2. The van der Waals surface area contributed by atoms with E-state index < -0.39 is 23.8 Å². The third-order valence-electron chi connectivity index (χ3n) is 4.87. The molecule has 4 rings (SSSR count). The Hall–Kier alpha value is -3.95. The van der Waals surface area contributed by atoms with Crippen molar-refractivity contribution >= 4 is 0 Å². The number of methoxy groups -OCH3 is 1. The maximum Gasteiger partial charge on any atom is 0.417 e. The van der Waals surface area contributed by atoms with E-state index in [1.807, 2.05) is 0 Å². The molecule has 3 aromatic heterocycles. The molecule has 0 aliphatic carbocycles. The van der Waals surface area contributed by atoms with Gasteiger partial charge in [-0.25, -0.2) is 9.97 Å². The molecule has 0 aliphatic heterocycles. The summed E-state index contributed by atoms with van der Waals surface area (Å²) in [5, 5.41) is 0. The average molecular weight is 458 g/mol. The van der Waals surface area contributed by atoms with Gasteiger partial charge in [-0.2, -0.15) is 17.6 Å². The van der Waals surface area contributed by atoms with E-state index in [-0.39, 0.29) is 0 Å². The van der Waals surface area contributed by atoms with Gasteiger partial charge in [0.25, 0.3) is 0 Å². The summed E-state index contributed by atoms with van der Waals surface area (Å²) in [6.07, 6.45) is -1.19. The Kier molecular flexibility index (Phi) is 5.99. The molecule has 0 saturated carbocycles. The van der Waals surface area contributed by atoms with E-state index >= 15 is 0 Å². The minimum absolute atomic E-state index is 0.357. The largest absolute Gasteiger partial charge is 0.496 e. The summed E-state index contributed by atoms with van der Waals surface area (Å²) in [5.74, 6) is 0.865. The van der Waals surface area contributed by atoms with Crippen molar-refractivity contribution in [3.8, 4) is 34.1 Å². The van der Waals surface area contributed by atoms with Crippen molar-refractivity contribution < 1.29 is 27.0 Å². The Balaban J connectivity index is 1.53. The van der Waals surface area contributed by atoms with Crippen LogP contribution in [0.5, 0.6) is 11.5 Å². The molecular weight excluding hydrogens is 440 g/mol. The van der Waals surface area contributed by atoms with Crippen molar-refractivity contribution in [3.63, 3.8) is 0 Å². The van der Waals surface area contributed by atoms with Crippen LogP contribution < -0.4 is 9.47 Å². The first kappa shape index (κ1) is 22.3. The molecule has 170 valence electrons. The molecule has 0 aliphatic rings. The molecule has 0 fully saturated rings. The van der Waals surface area contributed by atoms with Crippen LogP contribution >= 0.6 is 0 Å². The first-order valence-corrected chi connectivity index (χ1v) is 9.80. The highest BCUT2D eigenvalue weighted by atomic mass is 19.4. The van der Waals surface area contributed by atoms with E-state index in [1.165, 1.54) is 25.4 Å². The second-order valence-corrected chi connectivity index (χ2v) is 7.10. The smallest absolute Gasteiger partial charge is 0.417 e. The van der Waals surface area contributed by atoms with E-state index in [2.05, 4.69) is 19.9 Å². The summed E-state index contributed by atoms with van der Waals surface area (Å²) in [6, 6.07) is 10.2. The number of nitrogens with one attached hydrogen (secondary N) is 1. The third-order valence-corrected chi connectivity index (χ3v) is 4.87. The molecule has 0 amide bonds. The van der Waals surface area contributed by atoms with E-state index in [1.54, 1.807) is 37.4 Å². The Morgan fingerprint density at radius 1 is 1.00 bits per heavy atom. The Morgan fingerprint density at radius 3 is 2.45 bits per heavy atom. The van der Waals surface area contributed by atoms with Crippen molar-refractivity contribution in [1.29, 1.82) is 0 Å². The van der Waals surface area contributed by atoms with Crippen molar-refractivity contribution in [3.05, 3.63) is 78.3 Å². The Labute approximate surface area is 186 Å². The number of hydrogen-bond acceptors (Lipinski definition) is 5. The molecule has 0 saturated heterocycles. The number of ether oxygens (including phenoxy) is 2. The van der Waals surface area contributed by atoms with Crippen molar-refractivity contribution in [1.82, 2.24) is 19.9 Å². The number of H-pyrrole nitrogens is 1. The standard InChI is InChI=1S/C23H18F4N4O2/c1-13(18-7-4-15(11-28-18)23(25,26)27)33-16-5-6-17(20(9-16)32-2)19-12-30-22(31-19)14-3-8-21(24)29-10-14/h3-13H,1-2H3,(H,30,31). The van der Waals surface area contributed by atoms with Crippen molar-refractivity contribution in [2.45, 2.75) is 19.2 Å². The number of aromatic nitrogens is 4. The fourth-order valence-corrected chi connectivity index (χ4v) is 3.16. The van der Waals surface area contributed by atoms with E-state index in [9.17, 15) is 17.6 Å². The van der Waals surface area contributed by atoms with Crippen LogP contribution in [0.2, 0.25) is 0 Å². The van der Waals surface area contributed by atoms with Crippen LogP contribution in [0.15, 0.2) is 61.1 Å². The maximum atomic E-state index is 13.1. The first-order valence-electron chi connectivity index (χ1n) is 9.80. The molecule has 1 N–H and O–H groups in total. The quantitative estimate of drug-likeness (QED) is 0.290. The van der Waals surface area contributed by atoms with Gasteiger partial charge in [0.2, 0.25) is 5.95 Å². The predicted molar refractivity (Wildman–Crippen MR) is 112 cm³/mol. The van der Waals surface area contributed by atoms with Gasteiger partial charge < -0.3 is 14.5 Å². The number of rotatable bonds is 6. The van der Waals surface area contributed by atoms with Gasteiger partial charge in [0.15, 0.2) is 0 Å². The summed E-state index contributed by atoms with van der Waals surface area (Å²) in [7, 11) is 1.50. The molecule has 10 heteroatoms. The van der Waals surface area contributed by atoms with Crippen LogP contribution in [0.25, 0.3) is 22.6 Å². The number of hydrogen-bond donors (Lipinski definition) is 1. The van der Waals surface area contributed by atoms with E-state index in [0.29, 0.717) is 39.8 Å². The molecule has 3 heterocycles. The minimum Gasteiger partial charge on any atom is -0.496 e. The SMILES string of the molecule is COc1cc(OC(C)c2ccc(C(F)(F)F)cn2)ccc1-c1c[nH]c(-c2ccc(F)nc2)n1. The Bertz CT molecular complexity index is 1240. The fourth-order valence-electron chi connectivity index (χ4n) is 3.16. The fraction of sp³-hybridized carbons (Fsp3) is 0.174. The van der Waals surface area contributed by atoms with Gasteiger partial charge in [-0.15, -0.1) is 0 Å². The van der Waals surface area contributed by atoms with Crippen molar-refractivity contribution in [2.75, 3.05) is 7.11 Å². The molecule has 1 aromatic carbocycles. The molecule has 0 radical (unpaired) electrons. The van der Waals surface area contributed by atoms with E-state index in [0.717, 1.165) is 12.3 Å². The van der Waals surface area contributed by atoms with Crippen LogP contribution in [-0.2, 0) is 6.18 Å². The number of halogens is 4. The third kappa shape index (κ3) is 4.94. The summed E-state index contributed by atoms with van der Waals surface area (Å²) in [4.78, 5) is 15.0. The lowest BCUT2D eigenvalue weighted by atomic mass is 10.1. The van der Waals surface area contributed by atoms with Crippen LogP contribution in [0, 0.1) is 5.95 Å². The van der Waals surface area contributed by atoms with Gasteiger partial charge in [-0.05, 0) is 43.3 Å². The molecular formula is C23H18F4N4O2. The summed E-state index contributed by atoms with van der Waals surface area (Å²) in [5.41, 5.74) is 1.44. The molecule has 6 nitrogen and oxygen atoms in total. The monoisotopic (exact) mass is 458 g/mol. The second kappa shape index (κ2) is 8.89. The zero-order chi connectivity index (χ0) is 23.6. The zero-order valence-electron chi connectivity index (χ0n) is 17.5. The molecule has 33 heavy (non-hydrogen) atoms. The van der Waals surface area contributed by atoms with Gasteiger partial charge >= 0.3 is 6.18 Å².